The number of aliphatic imine (C=N–C) groups is 1. The summed E-state index contributed by atoms with van der Waals surface area (Å²) in [5.41, 5.74) is 52.9. The van der Waals surface area contributed by atoms with Gasteiger partial charge < -0.3 is 162 Å². The number of nitrogens with one attached hydrogen (secondary N) is 14. The minimum atomic E-state index is -2.04. The van der Waals surface area contributed by atoms with E-state index in [2.05, 4.69) is 105 Å². The lowest BCUT2D eigenvalue weighted by Gasteiger charge is -2.34. The molecule has 0 unspecified atom stereocenters. The van der Waals surface area contributed by atoms with Gasteiger partial charge in [0, 0.05) is 42.9 Å². The highest BCUT2D eigenvalue weighted by atomic mass is 32.1. The molecule has 1 aliphatic heterocycles. The van der Waals surface area contributed by atoms with Crippen LogP contribution < -0.4 is 126 Å². The summed E-state index contributed by atoms with van der Waals surface area (Å²) in [6.45, 7) is 8.12. The number of carboxylic acid groups (broad SMARTS) is 1. The average Bonchev–Trinajstić information content (AvgIpc) is 1.72. The number of nitrogens with zero attached hydrogens (tertiary/aromatic N) is 2. The molecule has 0 radical (unpaired) electrons. The van der Waals surface area contributed by atoms with Crippen LogP contribution in [0, 0.1) is 11.8 Å². The van der Waals surface area contributed by atoms with Gasteiger partial charge in [0.1, 0.15) is 102 Å². The van der Waals surface area contributed by atoms with Crippen LogP contribution in [0.5, 0.6) is 11.5 Å². The van der Waals surface area contributed by atoms with Crippen molar-refractivity contribution in [1.29, 1.82) is 0 Å². The number of likely N-dealkylation sites (tertiary alicyclic amines) is 1. The normalized spacial score (nSPS) is 17.0. The van der Waals surface area contributed by atoms with Crippen molar-refractivity contribution >= 4 is 132 Å². The van der Waals surface area contributed by atoms with E-state index in [9.17, 15) is 112 Å². The predicted molar refractivity (Wildman–Crippen MR) is 484 cm³/mol. The first-order valence-electron chi connectivity index (χ1n) is 42.9. The van der Waals surface area contributed by atoms with Gasteiger partial charge in [-0.05, 0) is 159 Å². The number of amides is 16. The van der Waals surface area contributed by atoms with E-state index in [0.29, 0.717) is 24.0 Å². The molecule has 1 saturated heterocycles. The van der Waals surface area contributed by atoms with E-state index >= 15 is 0 Å². The van der Waals surface area contributed by atoms with Gasteiger partial charge in [0.2, 0.25) is 94.5 Å². The van der Waals surface area contributed by atoms with E-state index < -0.39 is 246 Å². The molecule has 1 heterocycles. The van der Waals surface area contributed by atoms with Crippen LogP contribution in [0.25, 0.3) is 0 Å². The fourth-order valence-electron chi connectivity index (χ4n) is 13.4. The Morgan fingerprint density at radius 3 is 1.26 bits per heavy atom. The summed E-state index contributed by atoms with van der Waals surface area (Å²) in [5.74, 6) is -20.4. The van der Waals surface area contributed by atoms with Crippen molar-refractivity contribution in [2.24, 2.45) is 68.4 Å². The third-order valence-corrected chi connectivity index (χ3v) is 21.8. The van der Waals surface area contributed by atoms with Crippen LogP contribution in [0.15, 0.2) is 53.5 Å². The van der Waals surface area contributed by atoms with Gasteiger partial charge in [-0.1, -0.05) is 58.4 Å². The number of β-amino-alcohol motifs (C(OH)–C–C–N with tert-alkyl or cyclic N) is 1. The van der Waals surface area contributed by atoms with Gasteiger partial charge in [-0.2, -0.15) is 25.3 Å². The molecule has 38 N–H and O–H groups in total. The van der Waals surface area contributed by atoms with Crippen molar-refractivity contribution < 1.29 is 112 Å². The van der Waals surface area contributed by atoms with E-state index in [-0.39, 0.29) is 133 Å². The fourth-order valence-corrected chi connectivity index (χ4v) is 13.8. The summed E-state index contributed by atoms with van der Waals surface area (Å²) in [4.78, 5) is 243. The number of phenolic OH excluding ortho intramolecular Hbond substituents is 2. The molecule has 0 spiro atoms. The maximum Gasteiger partial charge on any atom is 0.326 e. The Bertz CT molecular complexity index is 4190. The molecule has 2 aromatic rings. The lowest BCUT2D eigenvalue weighted by molar-refractivity contribution is -0.142. The number of carbonyl (C=O) groups is 17. The Morgan fingerprint density at radius 2 is 0.855 bits per heavy atom. The van der Waals surface area contributed by atoms with Gasteiger partial charge in [-0.25, -0.2) is 4.79 Å². The molecule has 48 nitrogen and oxygen atoms in total. The number of benzene rings is 2. The molecule has 1 aliphatic rings. The number of carboxylic acids is 1. The molecular formula is C81H135N25O23S2. The second-order valence-corrected chi connectivity index (χ2v) is 34.2. The Morgan fingerprint density at radius 1 is 0.481 bits per heavy atom. The summed E-state index contributed by atoms with van der Waals surface area (Å²) >= 11 is 8.78. The molecule has 2 aromatic carbocycles. The molecule has 0 saturated carbocycles. The van der Waals surface area contributed by atoms with Crippen LogP contribution >= 0.6 is 25.3 Å². The average molecular weight is 1890 g/mol. The number of nitrogens with two attached hydrogens (primary N) is 9. The van der Waals surface area contributed by atoms with Gasteiger partial charge >= 0.3 is 5.97 Å². The SMILES string of the molecule is CC[C@H](C)[C@H](NC(=O)[C@@H]1C[C@@H](O)CN1C(=O)[C@@H](N)C(C)C)C(=O)N[C@H](C(=O)N[C@@H](Cc1ccc(O)cc1)C(=O)N[C@@H](CO)C(=O)N[C@@H](CC(N)=O)C(=O)N[C@@H](CCCN=C(N)N)C(=O)N[C@@H](CCN)C(=O)N[C@H](C(=O)N[C@H](CCN)C(=O)N[C@@H](CCCCN)C(=O)N[C@@H](CCN)C(=O)N[C@@H](CCN)C(=O)N[C@@H](CS)C(=O)N[C@@H](Cc1ccc(O)cc1)C(=O)O)[C@@H](C)O)C(C)(C)S. The van der Waals surface area contributed by atoms with Gasteiger partial charge in [0.05, 0.1) is 31.3 Å². The first-order valence-corrected chi connectivity index (χ1v) is 44.0. The highest BCUT2D eigenvalue weighted by Gasteiger charge is 2.46. The van der Waals surface area contributed by atoms with E-state index in [0.717, 1.165) is 11.8 Å². The number of thiol groups is 2. The zero-order valence-electron chi connectivity index (χ0n) is 74.5. The van der Waals surface area contributed by atoms with Crippen molar-refractivity contribution in [2.75, 3.05) is 58.2 Å². The van der Waals surface area contributed by atoms with E-state index in [4.69, 9.17) is 51.6 Å². The molecule has 50 heteroatoms. The highest BCUT2D eigenvalue weighted by Crippen LogP contribution is 2.25. The molecule has 1 fully saturated rings. The zero-order chi connectivity index (χ0) is 98.9. The van der Waals surface area contributed by atoms with Crippen molar-refractivity contribution in [3.05, 3.63) is 59.7 Å². The number of aliphatic hydroxyl groups excluding tert-OH is 3. The second kappa shape index (κ2) is 57.1. The van der Waals surface area contributed by atoms with Crippen molar-refractivity contribution in [3.63, 3.8) is 0 Å². The molecule has 0 aromatic heterocycles. The number of aliphatic carboxylic acids is 1. The van der Waals surface area contributed by atoms with Crippen molar-refractivity contribution in [1.82, 2.24) is 79.3 Å². The Balaban J connectivity index is 1.90. The van der Waals surface area contributed by atoms with Gasteiger partial charge in [0.15, 0.2) is 5.96 Å². The Labute approximate surface area is 769 Å². The number of aromatic hydroxyl groups is 2. The number of aliphatic hydroxyl groups is 3. The van der Waals surface area contributed by atoms with Gasteiger partial charge in [-0.3, -0.25) is 81.7 Å². The summed E-state index contributed by atoms with van der Waals surface area (Å²) in [6, 6.07) is -14.8. The molecule has 0 bridgehead atoms. The monoisotopic (exact) mass is 1890 g/mol. The minimum absolute atomic E-state index is 0.0833. The van der Waals surface area contributed by atoms with Crippen LogP contribution in [0.1, 0.15) is 137 Å². The number of hydrogen-bond acceptors (Lipinski definition) is 31. The molecular weight excluding hydrogens is 1760 g/mol. The number of phenols is 2. The van der Waals surface area contributed by atoms with Crippen molar-refractivity contribution in [2.45, 2.75) is 252 Å². The van der Waals surface area contributed by atoms with Gasteiger partial charge in [-0.15, -0.1) is 0 Å². The van der Waals surface area contributed by atoms with Crippen LogP contribution in [0.3, 0.4) is 0 Å². The van der Waals surface area contributed by atoms with Gasteiger partial charge in [0.25, 0.3) is 0 Å². The fraction of sp³-hybridized carbons (Fsp3) is 0.630. The van der Waals surface area contributed by atoms with Crippen LogP contribution in [0.2, 0.25) is 0 Å². The molecule has 131 heavy (non-hydrogen) atoms. The highest BCUT2D eigenvalue weighted by molar-refractivity contribution is 7.81. The summed E-state index contributed by atoms with van der Waals surface area (Å²) in [6.07, 6.45) is -5.82. The quantitative estimate of drug-likeness (QED) is 0.0127. The lowest BCUT2D eigenvalue weighted by atomic mass is 9.95. The van der Waals surface area contributed by atoms with E-state index in [1.807, 2.05) is 0 Å². The lowest BCUT2D eigenvalue weighted by Crippen LogP contribution is -2.64. The number of hydrogen-bond donors (Lipinski definition) is 31. The predicted octanol–water partition coefficient (Wildman–Crippen LogP) is -10.8. The van der Waals surface area contributed by atoms with Crippen molar-refractivity contribution in [3.8, 4) is 11.5 Å². The molecule has 16 amide bonds. The number of primary amides is 1. The van der Waals surface area contributed by atoms with Crippen LogP contribution in [0.4, 0.5) is 0 Å². The molecule has 19 atom stereocenters. The minimum Gasteiger partial charge on any atom is -0.508 e. The van der Waals surface area contributed by atoms with E-state index in [1.54, 1.807) is 27.7 Å². The third-order valence-electron chi connectivity index (χ3n) is 21.2. The first-order chi connectivity index (χ1) is 61.6. The summed E-state index contributed by atoms with van der Waals surface area (Å²) in [7, 11) is 0. The number of unbranched alkanes of at least 4 members (excludes halogenated alkanes) is 1. The Kier molecular flexibility index (Phi) is 49.6. The molecule has 3 rings (SSSR count). The molecule has 734 valence electrons. The zero-order valence-corrected chi connectivity index (χ0v) is 76.3. The van der Waals surface area contributed by atoms with Crippen LogP contribution in [-0.4, -0.2) is 314 Å². The number of carbonyl (C=O) groups excluding carboxylic acids is 16. The third kappa shape index (κ3) is 38.5. The van der Waals surface area contributed by atoms with Crippen LogP contribution in [-0.2, 0) is 94.3 Å². The summed E-state index contributed by atoms with van der Waals surface area (Å²) < 4.78 is -1.48. The topological polar surface area (TPSA) is 830 Å². The Hall–Kier alpha value is -11.4. The first kappa shape index (κ1) is 114. The summed E-state index contributed by atoms with van der Waals surface area (Å²) in [5, 5.41) is 96.3. The smallest absolute Gasteiger partial charge is 0.326 e. The number of guanidine groups is 1. The second-order valence-electron chi connectivity index (χ2n) is 32.7. The maximum absolute atomic E-state index is 14.7. The van der Waals surface area contributed by atoms with E-state index in [1.165, 1.54) is 62.4 Å². The maximum atomic E-state index is 14.7. The number of rotatable bonds is 59. The largest absolute Gasteiger partial charge is 0.508 e. The molecule has 0 aliphatic carbocycles. The standard InChI is InChI=1S/C81H135N25O23S2/c1-8-40(4)61(103-74(123)58-34-46(111)36-106(58)78(127)60(88)39(2)3)75(124)105-63(81(6,7)131)77(126)99-53(32-42-14-18-44(109)19-15-42)70(119)101-56(37-107)72(121)98-54(35-59(87)112)71(120)93-48(13-11-31-91-80(89)90)65(114)96-52(25-30-86)69(118)104-62(41(5)108)76(125)97-51(24-29-85)67(116)92-47(12-9-10-26-82)64(113)94-49(22-27-83)66(115)95-50(23-28-84)68(117)102-57(38-130)73(122)100-55(79(128)129)33-43-16-20-45(110)21-17-43/h14-21,39-41,46-58,60-63,107-111,130-131H,8-13,22-38,82-86,88H2,1-7H3,(H2,87,112)(H,92,116)(H,93,120)(H,94,113)(H,95,115)(H,96,114)(H,97,125)(H,98,121)(H,99,126)(H,100,122)(H,101,119)(H,102,117)(H,103,123)(H,104,118)(H,105,124)(H,128,129)(H4,89,90,91)/t40-,41+,46+,47-,48-,49-,50-,51+,52-,53-,54-,55-,56-,57-,58-,60-,61-,62-,63+/m0/s1.